The van der Waals surface area contributed by atoms with E-state index >= 15 is 0 Å². The van der Waals surface area contributed by atoms with Gasteiger partial charge in [0.05, 0.1) is 11.7 Å². The van der Waals surface area contributed by atoms with Crippen molar-refractivity contribution in [3.63, 3.8) is 0 Å². The second-order valence-corrected chi connectivity index (χ2v) is 17.8. The molecule has 0 amide bonds. The molecule has 0 bridgehead atoms. The molecule has 10 atom stereocenters. The predicted molar refractivity (Wildman–Crippen MR) is 176 cm³/mol. The standard InChI is InChI=1S/C40H56O5/c1-23(19-29(42)35-40(7,45-35)25-12-8-9-13-25)33-28-15-16-32-37(4)21-27(24-11-10-14-26(41)20-24)34(44)36(2,3)31(37)17-18-38(32,5)39(28,6)22-30(33)43/h10-11,14,20,23,25,27,29,31-32,35,41-42H,8-9,12-13,15-19,21-22H2,1-7H3. The zero-order valence-electron chi connectivity index (χ0n) is 28.7. The maximum absolute atomic E-state index is 14.1. The fourth-order valence-corrected chi connectivity index (χ4v) is 12.8. The molecule has 0 aromatic heterocycles. The summed E-state index contributed by atoms with van der Waals surface area (Å²) in [6, 6.07) is 7.33. The quantitative estimate of drug-likeness (QED) is 0.314. The predicted octanol–water partition coefficient (Wildman–Crippen LogP) is 8.32. The molecule has 6 aliphatic rings. The van der Waals surface area contributed by atoms with E-state index < -0.39 is 11.5 Å². The first-order valence-electron chi connectivity index (χ1n) is 18.0. The van der Waals surface area contributed by atoms with Crippen molar-refractivity contribution in [2.45, 2.75) is 143 Å². The molecule has 1 heterocycles. The van der Waals surface area contributed by atoms with E-state index in [1.54, 1.807) is 12.1 Å². The summed E-state index contributed by atoms with van der Waals surface area (Å²) < 4.78 is 6.20. The van der Waals surface area contributed by atoms with E-state index in [0.29, 0.717) is 30.5 Å². The molecule has 2 N–H and O–H groups in total. The average Bonchev–Trinajstić information content (AvgIpc) is 3.28. The van der Waals surface area contributed by atoms with Gasteiger partial charge >= 0.3 is 0 Å². The van der Waals surface area contributed by atoms with Gasteiger partial charge in [-0.2, -0.15) is 0 Å². The van der Waals surface area contributed by atoms with Crippen LogP contribution in [0.1, 0.15) is 131 Å². The van der Waals surface area contributed by atoms with Crippen LogP contribution in [-0.2, 0) is 14.3 Å². The molecular formula is C40H56O5. The summed E-state index contributed by atoms with van der Waals surface area (Å²) in [7, 11) is 0. The van der Waals surface area contributed by atoms with Gasteiger partial charge in [0.15, 0.2) is 5.78 Å². The first-order chi connectivity index (χ1) is 21.1. The van der Waals surface area contributed by atoms with Gasteiger partial charge in [-0.05, 0) is 116 Å². The zero-order valence-corrected chi connectivity index (χ0v) is 28.7. The minimum Gasteiger partial charge on any atom is -0.508 e. The van der Waals surface area contributed by atoms with E-state index in [9.17, 15) is 19.8 Å². The number of phenolic OH excluding ortho intramolecular Hbond substituents is 1. The van der Waals surface area contributed by atoms with Crippen LogP contribution < -0.4 is 0 Å². The molecule has 10 unspecified atom stereocenters. The number of ether oxygens (including phenoxy) is 1. The Balaban J connectivity index is 1.17. The molecule has 246 valence electrons. The van der Waals surface area contributed by atoms with Gasteiger partial charge in [0.25, 0.3) is 0 Å². The summed E-state index contributed by atoms with van der Waals surface area (Å²) in [4.78, 5) is 28.1. The minimum atomic E-state index is -0.545. The highest BCUT2D eigenvalue weighted by Gasteiger charge is 2.69. The molecule has 5 aliphatic carbocycles. The van der Waals surface area contributed by atoms with Crippen molar-refractivity contribution < 1.29 is 24.5 Å². The molecular weight excluding hydrogens is 560 g/mol. The Morgan fingerprint density at radius 1 is 0.978 bits per heavy atom. The third kappa shape index (κ3) is 4.38. The summed E-state index contributed by atoms with van der Waals surface area (Å²) >= 11 is 0. The number of Topliss-reactive ketones (excluding diaryl/α,β-unsaturated/α-hetero) is 2. The number of epoxide rings is 1. The number of aliphatic hydroxyl groups excluding tert-OH is 1. The monoisotopic (exact) mass is 616 g/mol. The van der Waals surface area contributed by atoms with Gasteiger partial charge in [-0.15, -0.1) is 0 Å². The number of aliphatic hydroxyl groups is 1. The Hall–Kier alpha value is -1.98. The fraction of sp³-hybridized carbons (Fsp3) is 0.750. The van der Waals surface area contributed by atoms with Crippen molar-refractivity contribution in [1.29, 1.82) is 0 Å². The lowest BCUT2D eigenvalue weighted by Gasteiger charge is -2.68. The van der Waals surface area contributed by atoms with E-state index in [2.05, 4.69) is 48.5 Å². The molecule has 5 nitrogen and oxygen atoms in total. The number of benzene rings is 1. The van der Waals surface area contributed by atoms with Crippen molar-refractivity contribution in [3.8, 4) is 5.75 Å². The molecule has 7 rings (SSSR count). The number of hydrogen-bond acceptors (Lipinski definition) is 5. The molecule has 1 aliphatic heterocycles. The number of carbonyl (C=O) groups is 2. The number of fused-ring (bicyclic) bond motifs is 5. The second kappa shape index (κ2) is 10.3. The molecule has 0 radical (unpaired) electrons. The Bertz CT molecular complexity index is 1440. The fourth-order valence-electron chi connectivity index (χ4n) is 12.8. The highest BCUT2D eigenvalue weighted by atomic mass is 16.6. The zero-order chi connectivity index (χ0) is 32.3. The van der Waals surface area contributed by atoms with Crippen molar-refractivity contribution in [2.75, 3.05) is 0 Å². The smallest absolute Gasteiger partial charge is 0.159 e. The van der Waals surface area contributed by atoms with Crippen LogP contribution in [0.25, 0.3) is 0 Å². The summed E-state index contributed by atoms with van der Waals surface area (Å²) in [6.07, 6.45) is 10.2. The number of allylic oxidation sites excluding steroid dienone is 2. The third-order valence-electron chi connectivity index (χ3n) is 15.3. The van der Waals surface area contributed by atoms with Crippen LogP contribution in [0.15, 0.2) is 35.4 Å². The maximum atomic E-state index is 14.1. The van der Waals surface area contributed by atoms with E-state index in [0.717, 1.165) is 43.2 Å². The number of aromatic hydroxyl groups is 1. The first-order valence-corrected chi connectivity index (χ1v) is 18.0. The van der Waals surface area contributed by atoms with Gasteiger partial charge in [0.2, 0.25) is 0 Å². The molecule has 1 aromatic carbocycles. The Morgan fingerprint density at radius 2 is 1.69 bits per heavy atom. The van der Waals surface area contributed by atoms with Crippen LogP contribution in [-0.4, -0.2) is 39.6 Å². The molecule has 4 saturated carbocycles. The second-order valence-electron chi connectivity index (χ2n) is 17.8. The van der Waals surface area contributed by atoms with E-state index in [-0.39, 0.29) is 57.2 Å². The Labute approximate surface area is 270 Å². The lowest BCUT2D eigenvalue weighted by molar-refractivity contribution is -0.183. The van der Waals surface area contributed by atoms with Gasteiger partial charge < -0.3 is 14.9 Å². The van der Waals surface area contributed by atoms with E-state index in [1.807, 2.05) is 12.1 Å². The van der Waals surface area contributed by atoms with Crippen LogP contribution in [0.4, 0.5) is 0 Å². The van der Waals surface area contributed by atoms with Gasteiger partial charge in [0.1, 0.15) is 17.6 Å². The number of phenols is 1. The van der Waals surface area contributed by atoms with E-state index in [4.69, 9.17) is 4.74 Å². The number of hydrogen-bond donors (Lipinski definition) is 2. The number of ketones is 2. The summed E-state index contributed by atoms with van der Waals surface area (Å²) in [6.45, 7) is 16.0. The van der Waals surface area contributed by atoms with Gasteiger partial charge in [-0.1, -0.05) is 72.1 Å². The lowest BCUT2D eigenvalue weighted by Crippen LogP contribution is -2.63. The molecule has 1 saturated heterocycles. The van der Waals surface area contributed by atoms with Crippen LogP contribution in [0.5, 0.6) is 5.75 Å². The largest absolute Gasteiger partial charge is 0.508 e. The van der Waals surface area contributed by atoms with Crippen LogP contribution in [0.3, 0.4) is 0 Å². The van der Waals surface area contributed by atoms with Crippen LogP contribution in [0.2, 0.25) is 0 Å². The van der Waals surface area contributed by atoms with Gasteiger partial charge in [0, 0.05) is 23.2 Å². The summed E-state index contributed by atoms with van der Waals surface area (Å²) in [5.41, 5.74) is 2.31. The van der Waals surface area contributed by atoms with Crippen molar-refractivity contribution in [3.05, 3.63) is 41.0 Å². The normalized spacial score (nSPS) is 43.9. The molecule has 1 aromatic rings. The summed E-state index contributed by atoms with van der Waals surface area (Å²) in [5.74, 6) is 1.80. The number of rotatable bonds is 6. The highest BCUT2D eigenvalue weighted by Crippen LogP contribution is 2.74. The number of carbonyl (C=O) groups excluding carboxylic acids is 2. The van der Waals surface area contributed by atoms with Crippen molar-refractivity contribution in [2.24, 2.45) is 45.3 Å². The average molecular weight is 617 g/mol. The summed E-state index contributed by atoms with van der Waals surface area (Å²) in [5, 5.41) is 21.7. The topological polar surface area (TPSA) is 87.1 Å². The van der Waals surface area contributed by atoms with Crippen LogP contribution in [0, 0.1) is 45.3 Å². The minimum absolute atomic E-state index is 0.00908. The third-order valence-corrected chi connectivity index (χ3v) is 15.3. The van der Waals surface area contributed by atoms with Gasteiger partial charge in [-0.3, -0.25) is 9.59 Å². The van der Waals surface area contributed by atoms with Crippen molar-refractivity contribution >= 4 is 11.6 Å². The Morgan fingerprint density at radius 3 is 2.38 bits per heavy atom. The van der Waals surface area contributed by atoms with Gasteiger partial charge in [-0.25, -0.2) is 0 Å². The molecule has 45 heavy (non-hydrogen) atoms. The van der Waals surface area contributed by atoms with Crippen molar-refractivity contribution in [1.82, 2.24) is 0 Å². The Kier molecular flexibility index (Phi) is 7.21. The molecule has 5 fully saturated rings. The molecule has 0 spiro atoms. The maximum Gasteiger partial charge on any atom is 0.159 e. The lowest BCUT2D eigenvalue weighted by atomic mass is 9.35. The molecule has 5 heteroatoms. The SMILES string of the molecule is CC(CC(O)C1OC1(C)C1CCCC1)C1=C2CCC3C4(C)CC(c5cccc(O)c5)C(=O)C(C)(C)C4CCC3(C)C2(C)CC1=O. The highest BCUT2D eigenvalue weighted by molar-refractivity contribution is 6.00. The van der Waals surface area contributed by atoms with E-state index in [1.165, 1.54) is 31.3 Å². The van der Waals surface area contributed by atoms with Crippen LogP contribution >= 0.6 is 0 Å². The first kappa shape index (κ1) is 31.6.